The average molecular weight is 479 g/mol. The molecule has 1 unspecified atom stereocenters. The average Bonchev–Trinajstić information content (AvgIpc) is 3.45. The smallest absolute Gasteiger partial charge is 0.407 e. The van der Waals surface area contributed by atoms with Crippen molar-refractivity contribution in [2.45, 2.75) is 51.5 Å². The van der Waals surface area contributed by atoms with E-state index in [1.165, 1.54) is 16.0 Å². The molecule has 4 rings (SSSR count). The molecule has 0 bridgehead atoms. The van der Waals surface area contributed by atoms with E-state index in [2.05, 4.69) is 43.4 Å². The second-order valence-corrected chi connectivity index (χ2v) is 9.99. The Kier molecular flexibility index (Phi) is 7.73. The Morgan fingerprint density at radius 3 is 2.29 bits per heavy atom. The fourth-order valence-electron chi connectivity index (χ4n) is 5.47. The van der Waals surface area contributed by atoms with Crippen molar-refractivity contribution in [2.75, 3.05) is 19.7 Å². The first kappa shape index (κ1) is 24.8. The minimum absolute atomic E-state index is 0.00990. The fraction of sp³-hybridized carbons (Fsp3) is 0.464. The predicted molar refractivity (Wildman–Crippen MR) is 133 cm³/mol. The Labute approximate surface area is 206 Å². The molecule has 0 saturated carbocycles. The number of carbonyl (C=O) groups is 3. The number of nitrogens with one attached hydrogen (secondary N) is 1. The number of hydrogen-bond donors (Lipinski definition) is 2. The summed E-state index contributed by atoms with van der Waals surface area (Å²) in [6.07, 6.45) is 1.66. The van der Waals surface area contributed by atoms with Crippen LogP contribution in [0.2, 0.25) is 0 Å². The first-order valence-electron chi connectivity index (χ1n) is 12.5. The third-order valence-electron chi connectivity index (χ3n) is 7.00. The molecular formula is C28H34N2O5. The second-order valence-electron chi connectivity index (χ2n) is 9.99. The van der Waals surface area contributed by atoms with Crippen LogP contribution in [0.4, 0.5) is 4.79 Å². The van der Waals surface area contributed by atoms with Gasteiger partial charge in [-0.15, -0.1) is 0 Å². The van der Waals surface area contributed by atoms with Crippen molar-refractivity contribution in [1.82, 2.24) is 10.2 Å². The summed E-state index contributed by atoms with van der Waals surface area (Å²) in [4.78, 5) is 38.4. The molecule has 2 N–H and O–H groups in total. The lowest BCUT2D eigenvalue weighted by molar-refractivity contribution is -0.148. The molecule has 2 aromatic carbocycles. The Morgan fingerprint density at radius 1 is 1.06 bits per heavy atom. The van der Waals surface area contributed by atoms with Gasteiger partial charge in [0.1, 0.15) is 12.6 Å². The van der Waals surface area contributed by atoms with Gasteiger partial charge in [-0.05, 0) is 53.4 Å². The highest BCUT2D eigenvalue weighted by Gasteiger charge is 2.35. The summed E-state index contributed by atoms with van der Waals surface area (Å²) in [5.41, 5.74) is 4.66. The van der Waals surface area contributed by atoms with E-state index in [4.69, 9.17) is 4.74 Å². The highest BCUT2D eigenvalue weighted by atomic mass is 16.5. The molecule has 35 heavy (non-hydrogen) atoms. The monoisotopic (exact) mass is 478 g/mol. The normalized spacial score (nSPS) is 17.7. The lowest BCUT2D eigenvalue weighted by Crippen LogP contribution is -2.42. The number of benzene rings is 2. The molecule has 2 atom stereocenters. The van der Waals surface area contributed by atoms with E-state index in [1.807, 2.05) is 24.3 Å². The molecule has 186 valence electrons. The van der Waals surface area contributed by atoms with E-state index in [1.54, 1.807) is 0 Å². The van der Waals surface area contributed by atoms with Crippen molar-refractivity contribution in [2.24, 2.45) is 11.8 Å². The van der Waals surface area contributed by atoms with Crippen molar-refractivity contribution in [1.29, 1.82) is 0 Å². The number of rotatable bonds is 9. The Balaban J connectivity index is 1.33. The number of ether oxygens (including phenoxy) is 1. The SMILES string of the molecule is CC(C)C[C@H](CNC(=O)OCC1c2ccccc2-c2ccccc21)CC(=O)N1CCCC1C(=O)O. The lowest BCUT2D eigenvalue weighted by atomic mass is 9.93. The zero-order valence-electron chi connectivity index (χ0n) is 20.4. The molecule has 1 fully saturated rings. The maximum Gasteiger partial charge on any atom is 0.407 e. The number of carboxylic acids is 1. The van der Waals surface area contributed by atoms with Gasteiger partial charge in [-0.3, -0.25) is 4.79 Å². The van der Waals surface area contributed by atoms with Crippen molar-refractivity contribution in [3.8, 4) is 11.1 Å². The molecule has 0 radical (unpaired) electrons. The zero-order chi connectivity index (χ0) is 24.9. The topological polar surface area (TPSA) is 95.9 Å². The number of carbonyl (C=O) groups excluding carboxylic acids is 2. The molecule has 2 amide bonds. The summed E-state index contributed by atoms with van der Waals surface area (Å²) in [6.45, 7) is 5.17. The summed E-state index contributed by atoms with van der Waals surface area (Å²) >= 11 is 0. The number of alkyl carbamates (subject to hydrolysis) is 1. The van der Waals surface area contributed by atoms with Crippen LogP contribution in [-0.2, 0) is 14.3 Å². The Bertz CT molecular complexity index is 1040. The summed E-state index contributed by atoms with van der Waals surface area (Å²) in [5.74, 6) is -0.865. The number of aliphatic carboxylic acids is 1. The third-order valence-corrected chi connectivity index (χ3v) is 7.00. The summed E-state index contributed by atoms with van der Waals surface area (Å²) in [5, 5.41) is 12.2. The molecule has 0 spiro atoms. The molecular weight excluding hydrogens is 444 g/mol. The number of hydrogen-bond acceptors (Lipinski definition) is 4. The summed E-state index contributed by atoms with van der Waals surface area (Å²) in [6, 6.07) is 15.6. The number of nitrogens with zero attached hydrogens (tertiary/aromatic N) is 1. The van der Waals surface area contributed by atoms with Crippen LogP contribution in [0.15, 0.2) is 48.5 Å². The lowest BCUT2D eigenvalue weighted by Gasteiger charge is -2.25. The first-order chi connectivity index (χ1) is 16.8. The zero-order valence-corrected chi connectivity index (χ0v) is 20.4. The van der Waals surface area contributed by atoms with E-state index in [-0.39, 0.29) is 30.8 Å². The van der Waals surface area contributed by atoms with Gasteiger partial charge in [0.2, 0.25) is 5.91 Å². The Morgan fingerprint density at radius 2 is 1.69 bits per heavy atom. The highest BCUT2D eigenvalue weighted by molar-refractivity contribution is 5.84. The van der Waals surface area contributed by atoms with E-state index in [0.29, 0.717) is 31.8 Å². The molecule has 1 aliphatic carbocycles. The maximum atomic E-state index is 12.8. The fourth-order valence-corrected chi connectivity index (χ4v) is 5.47. The molecule has 2 aromatic rings. The van der Waals surface area contributed by atoms with Gasteiger partial charge in [-0.25, -0.2) is 9.59 Å². The third kappa shape index (κ3) is 5.66. The minimum Gasteiger partial charge on any atom is -0.480 e. The van der Waals surface area contributed by atoms with Crippen molar-refractivity contribution >= 4 is 18.0 Å². The van der Waals surface area contributed by atoms with Crippen molar-refractivity contribution in [3.63, 3.8) is 0 Å². The van der Waals surface area contributed by atoms with Gasteiger partial charge in [-0.2, -0.15) is 0 Å². The quantitative estimate of drug-likeness (QED) is 0.547. The van der Waals surface area contributed by atoms with Crippen LogP contribution in [0.25, 0.3) is 11.1 Å². The predicted octanol–water partition coefficient (Wildman–Crippen LogP) is 4.65. The number of carboxylic acid groups (broad SMARTS) is 1. The number of likely N-dealkylation sites (tertiary alicyclic amines) is 1. The van der Waals surface area contributed by atoms with Gasteiger partial charge < -0.3 is 20.1 Å². The summed E-state index contributed by atoms with van der Waals surface area (Å²) < 4.78 is 5.63. The molecule has 2 aliphatic rings. The van der Waals surface area contributed by atoms with Crippen LogP contribution < -0.4 is 5.32 Å². The molecule has 1 aliphatic heterocycles. The second kappa shape index (κ2) is 10.9. The van der Waals surface area contributed by atoms with E-state index in [9.17, 15) is 19.5 Å². The van der Waals surface area contributed by atoms with Crippen molar-refractivity contribution < 1.29 is 24.2 Å². The first-order valence-corrected chi connectivity index (χ1v) is 12.5. The molecule has 0 aromatic heterocycles. The van der Waals surface area contributed by atoms with Crippen LogP contribution in [0.1, 0.15) is 56.6 Å². The molecule has 1 heterocycles. The van der Waals surface area contributed by atoms with Gasteiger partial charge in [0, 0.05) is 25.4 Å². The van der Waals surface area contributed by atoms with Gasteiger partial charge in [0.25, 0.3) is 0 Å². The molecule has 7 nitrogen and oxygen atoms in total. The van der Waals surface area contributed by atoms with Crippen LogP contribution in [0.3, 0.4) is 0 Å². The number of fused-ring (bicyclic) bond motifs is 3. The van der Waals surface area contributed by atoms with Crippen LogP contribution in [-0.4, -0.2) is 53.7 Å². The van der Waals surface area contributed by atoms with E-state index in [0.717, 1.165) is 17.5 Å². The van der Waals surface area contributed by atoms with Gasteiger partial charge >= 0.3 is 12.1 Å². The number of amides is 2. The van der Waals surface area contributed by atoms with Gasteiger partial charge in [0.05, 0.1) is 0 Å². The highest BCUT2D eigenvalue weighted by Crippen LogP contribution is 2.44. The summed E-state index contributed by atoms with van der Waals surface area (Å²) in [7, 11) is 0. The van der Waals surface area contributed by atoms with Gasteiger partial charge in [0.15, 0.2) is 0 Å². The van der Waals surface area contributed by atoms with E-state index < -0.39 is 18.1 Å². The largest absolute Gasteiger partial charge is 0.480 e. The standard InChI is InChI=1S/C28H34N2O5/c1-18(2)14-19(15-26(31)30-13-7-12-25(30)27(32)33)16-29-28(34)35-17-24-22-10-5-3-8-20(22)21-9-4-6-11-23(21)24/h3-6,8-11,18-19,24-25H,7,12-17H2,1-2H3,(H,29,34)(H,32,33)/t19-,25?/m0/s1. The maximum absolute atomic E-state index is 12.8. The van der Waals surface area contributed by atoms with E-state index >= 15 is 0 Å². The van der Waals surface area contributed by atoms with Crippen LogP contribution >= 0.6 is 0 Å². The van der Waals surface area contributed by atoms with Gasteiger partial charge in [-0.1, -0.05) is 62.4 Å². The van der Waals surface area contributed by atoms with Crippen LogP contribution in [0, 0.1) is 11.8 Å². The van der Waals surface area contributed by atoms with Crippen molar-refractivity contribution in [3.05, 3.63) is 59.7 Å². The minimum atomic E-state index is -0.951. The van der Waals surface area contributed by atoms with Crippen LogP contribution in [0.5, 0.6) is 0 Å². The Hall–Kier alpha value is -3.35. The molecule has 1 saturated heterocycles. The molecule has 7 heteroatoms.